The molecule has 3 aliphatic rings. The highest BCUT2D eigenvalue weighted by Crippen LogP contribution is 2.54. The van der Waals surface area contributed by atoms with E-state index in [-0.39, 0.29) is 16.2 Å². The van der Waals surface area contributed by atoms with Crippen molar-refractivity contribution in [2.24, 2.45) is 0 Å². The first kappa shape index (κ1) is 80.1. The van der Waals surface area contributed by atoms with Gasteiger partial charge in [0.15, 0.2) is 0 Å². The number of furan rings is 1. The molecule has 3 aromatic heterocycles. The van der Waals surface area contributed by atoms with E-state index < -0.39 is 0 Å². The minimum atomic E-state index is -0.0101. The van der Waals surface area contributed by atoms with Gasteiger partial charge in [0.1, 0.15) is 11.2 Å². The predicted octanol–water partition coefficient (Wildman–Crippen LogP) is 33.1. The van der Waals surface area contributed by atoms with Crippen LogP contribution in [-0.2, 0) is 16.2 Å². The van der Waals surface area contributed by atoms with Crippen molar-refractivity contribution in [3.63, 3.8) is 0 Å². The summed E-state index contributed by atoms with van der Waals surface area (Å²) >= 11 is 1.87. The molecule has 0 N–H and O–H groups in total. The minimum absolute atomic E-state index is 0.00743. The molecule has 6 nitrogen and oxygen atoms in total. The van der Waals surface area contributed by atoms with E-state index in [0.717, 1.165) is 33.3 Å². The van der Waals surface area contributed by atoms with Crippen molar-refractivity contribution in [2.75, 3.05) is 47.8 Å². The number of thiophene rings is 1. The Morgan fingerprint density at radius 2 is 0.531 bits per heavy atom. The SMILES string of the molecule is CN(c1cc(-c2ccccc2)cc(-c2ccccc2)c1)c1ccc2c(c1)C(C)(C)c1ccccc1-2.CN(c1ccc(-c2ccccc2)cc1)c1ccc(-n2c3ccccc3c3ccccc32)cc1.CN(c1ccc2c(c1)C(C)(C)c1ccccc1-2)c1ccc2oc3ccccc3c2c1.CN(c1ccc2c(c1)C(C)(C)c1ccccc1-2)c1ccc2sc3ccccc3c2c1. The van der Waals surface area contributed by atoms with Crippen LogP contribution < -0.4 is 19.6 Å². The molecule has 0 atom stereocenters. The lowest BCUT2D eigenvalue weighted by atomic mass is 9.82. The summed E-state index contributed by atoms with van der Waals surface area (Å²) in [5, 5.41) is 7.57. The molecule has 0 unspecified atom stereocenters. The van der Waals surface area contributed by atoms with Gasteiger partial charge in [-0.05, 0) is 252 Å². The summed E-state index contributed by atoms with van der Waals surface area (Å²) in [4.78, 5) is 9.12. The van der Waals surface area contributed by atoms with Crippen LogP contribution in [0.25, 0.3) is 136 Å². The third-order valence-electron chi connectivity index (χ3n) is 27.3. The van der Waals surface area contributed by atoms with E-state index in [4.69, 9.17) is 4.42 Å². The molecule has 0 amide bonds. The smallest absolute Gasteiger partial charge is 0.135 e. The van der Waals surface area contributed by atoms with Crippen LogP contribution in [0.4, 0.5) is 45.5 Å². The number of hydrogen-bond acceptors (Lipinski definition) is 6. The molecule has 0 fully saturated rings. The van der Waals surface area contributed by atoms with E-state index in [1.807, 2.05) is 23.5 Å². The average molecular weight is 1670 g/mol. The summed E-state index contributed by atoms with van der Waals surface area (Å²) in [7, 11) is 8.61. The van der Waals surface area contributed by atoms with Gasteiger partial charge in [0.05, 0.1) is 11.0 Å². The Morgan fingerprint density at radius 3 is 1.02 bits per heavy atom. The van der Waals surface area contributed by atoms with Crippen LogP contribution in [0.15, 0.2) is 423 Å². The topological polar surface area (TPSA) is 31.0 Å². The molecule has 0 saturated heterocycles. The number of nitrogens with zero attached hydrogens (tertiary/aromatic N) is 5. The first-order chi connectivity index (χ1) is 62.4. The van der Waals surface area contributed by atoms with Crippen LogP contribution in [0.5, 0.6) is 0 Å². The lowest BCUT2D eigenvalue weighted by molar-refractivity contribution is 0.660. The molecule has 3 heterocycles. The van der Waals surface area contributed by atoms with Gasteiger partial charge in [0.2, 0.25) is 0 Å². The zero-order valence-electron chi connectivity index (χ0n) is 73.9. The van der Waals surface area contributed by atoms with Crippen molar-refractivity contribution in [3.05, 3.63) is 452 Å². The maximum absolute atomic E-state index is 6.00. The van der Waals surface area contributed by atoms with Crippen molar-refractivity contribution < 1.29 is 4.42 Å². The van der Waals surface area contributed by atoms with Gasteiger partial charge in [0.25, 0.3) is 0 Å². The molecule has 128 heavy (non-hydrogen) atoms. The van der Waals surface area contributed by atoms with Gasteiger partial charge in [-0.2, -0.15) is 0 Å². The zero-order valence-corrected chi connectivity index (χ0v) is 74.7. The highest BCUT2D eigenvalue weighted by molar-refractivity contribution is 7.25. The maximum atomic E-state index is 6.00. The van der Waals surface area contributed by atoms with Gasteiger partial charge in [-0.1, -0.05) is 308 Å². The molecule has 3 aliphatic carbocycles. The fourth-order valence-electron chi connectivity index (χ4n) is 20.1. The number of hydrogen-bond donors (Lipinski definition) is 0. The van der Waals surface area contributed by atoms with E-state index in [2.05, 4.69) is 500 Å². The summed E-state index contributed by atoms with van der Waals surface area (Å²) in [5.41, 5.74) is 39.0. The average Bonchev–Trinajstić information content (AvgIpc) is 1.64. The first-order valence-corrected chi connectivity index (χ1v) is 45.2. The Kier molecular flexibility index (Phi) is 20.3. The third-order valence-corrected chi connectivity index (χ3v) is 28.5. The second kappa shape index (κ2) is 32.5. The van der Waals surface area contributed by atoms with Crippen molar-refractivity contribution in [2.45, 2.75) is 57.8 Å². The van der Waals surface area contributed by atoms with Crippen LogP contribution >= 0.6 is 11.3 Å². The Labute approximate surface area is 754 Å². The molecular formula is C121H99N5OS. The van der Waals surface area contributed by atoms with Gasteiger partial charge in [-0.3, -0.25) is 0 Å². The first-order valence-electron chi connectivity index (χ1n) is 44.4. The second-order valence-electron chi connectivity index (χ2n) is 35.8. The van der Waals surface area contributed by atoms with Crippen LogP contribution in [0.3, 0.4) is 0 Å². The van der Waals surface area contributed by atoms with Gasteiger partial charge >= 0.3 is 0 Å². The van der Waals surface area contributed by atoms with Crippen molar-refractivity contribution in [1.82, 2.24) is 4.57 Å². The predicted molar refractivity (Wildman–Crippen MR) is 547 cm³/mol. The third kappa shape index (κ3) is 14.2. The molecule has 21 aromatic rings. The molecule has 18 aromatic carbocycles. The molecule has 0 aliphatic heterocycles. The summed E-state index contributed by atoms with van der Waals surface area (Å²) in [6.07, 6.45) is 0. The van der Waals surface area contributed by atoms with Gasteiger partial charge in [-0.25, -0.2) is 0 Å². The van der Waals surface area contributed by atoms with Crippen LogP contribution in [0.2, 0.25) is 0 Å². The van der Waals surface area contributed by atoms with Gasteiger partial charge in [0, 0.05) is 137 Å². The number of para-hydroxylation sites is 3. The minimum Gasteiger partial charge on any atom is -0.456 e. The van der Waals surface area contributed by atoms with E-state index in [1.165, 1.54) is 182 Å². The molecule has 0 radical (unpaired) electrons. The Morgan fingerprint density at radius 1 is 0.211 bits per heavy atom. The molecular weight excluding hydrogens is 1570 g/mol. The normalized spacial score (nSPS) is 13.1. The Balaban J connectivity index is 0.000000104. The summed E-state index contributed by atoms with van der Waals surface area (Å²) in [5.74, 6) is 0. The Bertz CT molecular complexity index is 7450. The maximum Gasteiger partial charge on any atom is 0.135 e. The van der Waals surface area contributed by atoms with E-state index in [9.17, 15) is 0 Å². The monoisotopic (exact) mass is 1670 g/mol. The van der Waals surface area contributed by atoms with Crippen molar-refractivity contribution >= 4 is 121 Å². The quantitative estimate of drug-likeness (QED) is 0.122. The Hall–Kier alpha value is -15.0. The fourth-order valence-corrected chi connectivity index (χ4v) is 21.2. The van der Waals surface area contributed by atoms with Gasteiger partial charge in [-0.15, -0.1) is 11.3 Å². The molecule has 0 bridgehead atoms. The second-order valence-corrected chi connectivity index (χ2v) is 36.9. The molecule has 7 heteroatoms. The number of anilines is 8. The van der Waals surface area contributed by atoms with Gasteiger partial charge < -0.3 is 28.6 Å². The van der Waals surface area contributed by atoms with Crippen molar-refractivity contribution in [3.8, 4) is 72.4 Å². The summed E-state index contributed by atoms with van der Waals surface area (Å²) in [6.45, 7) is 14.0. The number of aromatic nitrogens is 1. The molecule has 24 rings (SSSR count). The van der Waals surface area contributed by atoms with Crippen LogP contribution in [-0.4, -0.2) is 32.8 Å². The number of benzene rings is 18. The van der Waals surface area contributed by atoms with E-state index >= 15 is 0 Å². The number of rotatable bonds is 12. The zero-order chi connectivity index (χ0) is 87.1. The molecule has 620 valence electrons. The molecule has 0 spiro atoms. The largest absolute Gasteiger partial charge is 0.456 e. The fraction of sp³-hybridized carbons (Fsp3) is 0.107. The summed E-state index contributed by atoms with van der Waals surface area (Å²) < 4.78 is 11.0. The van der Waals surface area contributed by atoms with E-state index in [0.29, 0.717) is 0 Å². The van der Waals surface area contributed by atoms with Crippen LogP contribution in [0, 0.1) is 0 Å². The van der Waals surface area contributed by atoms with E-state index in [1.54, 1.807) is 0 Å². The number of fused-ring (bicyclic) bond motifs is 18. The van der Waals surface area contributed by atoms with Crippen molar-refractivity contribution in [1.29, 1.82) is 0 Å². The lowest BCUT2D eigenvalue weighted by Crippen LogP contribution is -2.16. The highest BCUT2D eigenvalue weighted by Gasteiger charge is 2.39. The van der Waals surface area contributed by atoms with Crippen LogP contribution in [0.1, 0.15) is 74.9 Å². The lowest BCUT2D eigenvalue weighted by Gasteiger charge is -2.25. The standard InChI is InChI=1S/C34H29N.C31H24N2.C28H23NO.C28H23NS/c1-34(2)32-17-11-10-16-30(32)31-19-18-28(23-33(31)34)35(3)29-21-26(24-12-6-4-7-13-24)20-27(22-29)25-14-8-5-9-15-25;1-32(25-17-15-24(16-18-25)23-9-3-2-4-10-23)26-19-21-27(22-20-26)33-30-13-7-5-11-28(30)29-12-6-8-14-31(29)33;2*1-28(2)24-10-6-4-8-20(24)21-14-12-19(17-25(21)28)29(3)18-13-15-27-23(16-18)22-9-5-7-11-26(22)30-27/h4-23H,1-3H3;2-22H,1H3;2*4-17H,1-3H3. The highest BCUT2D eigenvalue weighted by atomic mass is 32.1. The molecule has 0 saturated carbocycles. The summed E-state index contributed by atoms with van der Waals surface area (Å²) in [6, 6.07) is 151.